The molecule has 3 unspecified atom stereocenters. The van der Waals surface area contributed by atoms with Crippen LogP contribution in [-0.4, -0.2) is 47.1 Å². The first-order valence-corrected chi connectivity index (χ1v) is 8.39. The maximum absolute atomic E-state index is 11.1. The van der Waals surface area contributed by atoms with E-state index in [2.05, 4.69) is 11.4 Å². The van der Waals surface area contributed by atoms with Crippen molar-refractivity contribution in [1.29, 1.82) is 0 Å². The van der Waals surface area contributed by atoms with Crippen LogP contribution in [-0.2, 0) is 9.53 Å². The molecule has 4 atom stereocenters. The molecule has 0 aromatic heterocycles. The Morgan fingerprint density at radius 3 is 2.78 bits per heavy atom. The number of amides is 1. The molecule has 0 spiro atoms. The number of allylic oxidation sites excluding steroid dienone is 4. The molecular formula is C18H25NO4. The first-order chi connectivity index (χ1) is 11.0. The van der Waals surface area contributed by atoms with Crippen LogP contribution in [0.1, 0.15) is 32.6 Å². The van der Waals surface area contributed by atoms with Crippen LogP contribution < -0.4 is 5.32 Å². The zero-order valence-electron chi connectivity index (χ0n) is 13.4. The molecular weight excluding hydrogens is 294 g/mol. The van der Waals surface area contributed by atoms with Crippen molar-refractivity contribution in [1.82, 2.24) is 5.32 Å². The molecule has 2 fully saturated rings. The second-order valence-electron chi connectivity index (χ2n) is 6.76. The van der Waals surface area contributed by atoms with Crippen LogP contribution >= 0.6 is 0 Å². The minimum absolute atomic E-state index is 0.189. The van der Waals surface area contributed by atoms with Gasteiger partial charge in [-0.05, 0) is 29.6 Å². The molecule has 1 heterocycles. The lowest BCUT2D eigenvalue weighted by atomic mass is 9.82. The van der Waals surface area contributed by atoms with Crippen LogP contribution in [0.25, 0.3) is 0 Å². The average Bonchev–Trinajstić information content (AvgIpc) is 2.91. The highest BCUT2D eigenvalue weighted by atomic mass is 16.5. The van der Waals surface area contributed by atoms with Crippen molar-refractivity contribution in [2.24, 2.45) is 5.92 Å². The normalized spacial score (nSPS) is 36.0. The quantitative estimate of drug-likeness (QED) is 0.728. The van der Waals surface area contributed by atoms with Gasteiger partial charge in [0.1, 0.15) is 18.3 Å². The predicted molar refractivity (Wildman–Crippen MR) is 86.6 cm³/mol. The standard InChI is InChI=1S/C18H25NO4/c1-11(20)19-15-10-23-18(17(22)16(15)21)14-8-7-13(9-14)6-5-12-3-2-4-12/h6-9,12,15-18,21-22H,2-5,10H2,1H3,(H,19,20)/b13-6-/t15-,16?,17?,18?/m0/s1. The molecule has 23 heavy (non-hydrogen) atoms. The fraction of sp³-hybridized carbons (Fsp3) is 0.611. The molecule has 2 aliphatic carbocycles. The van der Waals surface area contributed by atoms with E-state index in [1.54, 1.807) is 0 Å². The summed E-state index contributed by atoms with van der Waals surface area (Å²) in [7, 11) is 0. The van der Waals surface area contributed by atoms with Crippen molar-refractivity contribution >= 4 is 5.91 Å². The predicted octanol–water partition coefficient (Wildman–Crippen LogP) is 1.22. The van der Waals surface area contributed by atoms with Crippen molar-refractivity contribution in [2.45, 2.75) is 57.0 Å². The lowest BCUT2D eigenvalue weighted by Crippen LogP contribution is -2.59. The molecule has 0 aromatic rings. The maximum atomic E-state index is 11.1. The van der Waals surface area contributed by atoms with Crippen molar-refractivity contribution in [3.63, 3.8) is 0 Å². The van der Waals surface area contributed by atoms with Crippen molar-refractivity contribution in [2.75, 3.05) is 6.61 Å². The SMILES string of the molecule is CC(=O)N[C@H]1COC(C2=C/C(=C\CC3CCC3)C=C2)C(O)C1O. The van der Waals surface area contributed by atoms with E-state index in [0.29, 0.717) is 0 Å². The van der Waals surface area contributed by atoms with Crippen LogP contribution in [0.5, 0.6) is 0 Å². The molecule has 126 valence electrons. The second kappa shape index (κ2) is 6.99. The molecule has 0 aromatic carbocycles. The number of aliphatic hydroxyl groups excluding tert-OH is 2. The lowest BCUT2D eigenvalue weighted by molar-refractivity contribution is -0.144. The third-order valence-electron chi connectivity index (χ3n) is 4.96. The smallest absolute Gasteiger partial charge is 0.217 e. The summed E-state index contributed by atoms with van der Waals surface area (Å²) >= 11 is 0. The highest BCUT2D eigenvalue weighted by molar-refractivity contribution is 5.73. The van der Waals surface area contributed by atoms with Crippen LogP contribution in [0.3, 0.4) is 0 Å². The van der Waals surface area contributed by atoms with E-state index in [9.17, 15) is 15.0 Å². The van der Waals surface area contributed by atoms with Gasteiger partial charge in [0.2, 0.25) is 5.91 Å². The molecule has 1 aliphatic heterocycles. The number of hydrogen-bond acceptors (Lipinski definition) is 4. The number of carbonyl (C=O) groups excluding carboxylic acids is 1. The van der Waals surface area contributed by atoms with Crippen molar-refractivity contribution in [3.05, 3.63) is 35.5 Å². The number of aliphatic hydroxyl groups is 2. The maximum Gasteiger partial charge on any atom is 0.217 e. The summed E-state index contributed by atoms with van der Waals surface area (Å²) < 4.78 is 5.69. The van der Waals surface area contributed by atoms with E-state index < -0.39 is 24.4 Å². The summed E-state index contributed by atoms with van der Waals surface area (Å²) in [5.74, 6) is 0.578. The van der Waals surface area contributed by atoms with Gasteiger partial charge in [-0.25, -0.2) is 0 Å². The van der Waals surface area contributed by atoms with Gasteiger partial charge in [0.25, 0.3) is 0 Å². The summed E-state index contributed by atoms with van der Waals surface area (Å²) in [6, 6.07) is -0.571. The Morgan fingerprint density at radius 1 is 1.35 bits per heavy atom. The second-order valence-corrected chi connectivity index (χ2v) is 6.76. The molecule has 1 saturated carbocycles. The number of rotatable bonds is 4. The van der Waals surface area contributed by atoms with E-state index >= 15 is 0 Å². The minimum atomic E-state index is -1.05. The Morgan fingerprint density at radius 2 is 2.13 bits per heavy atom. The average molecular weight is 319 g/mol. The Kier molecular flexibility index (Phi) is 4.99. The zero-order chi connectivity index (χ0) is 16.4. The highest BCUT2D eigenvalue weighted by Crippen LogP contribution is 2.32. The first-order valence-electron chi connectivity index (χ1n) is 8.39. The van der Waals surface area contributed by atoms with Gasteiger partial charge >= 0.3 is 0 Å². The van der Waals surface area contributed by atoms with Gasteiger partial charge in [-0.2, -0.15) is 0 Å². The third-order valence-corrected chi connectivity index (χ3v) is 4.96. The first kappa shape index (κ1) is 16.4. The molecule has 0 bridgehead atoms. The van der Waals surface area contributed by atoms with Gasteiger partial charge in [0, 0.05) is 6.92 Å². The summed E-state index contributed by atoms with van der Waals surface area (Å²) in [5, 5.41) is 23.1. The zero-order valence-corrected chi connectivity index (χ0v) is 13.4. The highest BCUT2D eigenvalue weighted by Gasteiger charge is 2.40. The Labute approximate surface area is 136 Å². The summed E-state index contributed by atoms with van der Waals surface area (Å²) in [4.78, 5) is 11.1. The van der Waals surface area contributed by atoms with Gasteiger partial charge in [-0.15, -0.1) is 0 Å². The Bertz CT molecular complexity index is 547. The Balaban J connectivity index is 1.61. The van der Waals surface area contributed by atoms with Crippen LogP contribution in [0.2, 0.25) is 0 Å². The Hall–Kier alpha value is -1.43. The number of hydrogen-bond donors (Lipinski definition) is 3. The largest absolute Gasteiger partial charge is 0.388 e. The number of ether oxygens (including phenoxy) is 1. The molecule has 1 amide bonds. The van der Waals surface area contributed by atoms with E-state index in [1.165, 1.54) is 26.2 Å². The molecule has 3 aliphatic rings. The van der Waals surface area contributed by atoms with Crippen LogP contribution in [0, 0.1) is 5.92 Å². The molecule has 3 N–H and O–H groups in total. The minimum Gasteiger partial charge on any atom is -0.388 e. The number of carbonyl (C=O) groups is 1. The fourth-order valence-corrected chi connectivity index (χ4v) is 3.32. The summed E-state index contributed by atoms with van der Waals surface area (Å²) in [6.07, 6.45) is 10.7. The monoisotopic (exact) mass is 319 g/mol. The van der Waals surface area contributed by atoms with Gasteiger partial charge in [-0.3, -0.25) is 4.79 Å². The fourth-order valence-electron chi connectivity index (χ4n) is 3.32. The van der Waals surface area contributed by atoms with Gasteiger partial charge in [-0.1, -0.05) is 37.5 Å². The van der Waals surface area contributed by atoms with E-state index in [4.69, 9.17) is 4.74 Å². The van der Waals surface area contributed by atoms with E-state index in [1.807, 2.05) is 18.2 Å². The van der Waals surface area contributed by atoms with Gasteiger partial charge in [0.05, 0.1) is 12.6 Å². The summed E-state index contributed by atoms with van der Waals surface area (Å²) in [6.45, 7) is 1.57. The number of nitrogens with one attached hydrogen (secondary N) is 1. The molecule has 1 saturated heterocycles. The molecule has 3 rings (SSSR count). The van der Waals surface area contributed by atoms with Crippen molar-refractivity contribution < 1.29 is 19.7 Å². The van der Waals surface area contributed by atoms with Crippen molar-refractivity contribution in [3.8, 4) is 0 Å². The van der Waals surface area contributed by atoms with E-state index in [0.717, 1.165) is 23.5 Å². The summed E-state index contributed by atoms with van der Waals surface area (Å²) in [5.41, 5.74) is 2.01. The van der Waals surface area contributed by atoms with Gasteiger partial charge in [0.15, 0.2) is 0 Å². The lowest BCUT2D eigenvalue weighted by Gasteiger charge is -2.38. The van der Waals surface area contributed by atoms with Crippen LogP contribution in [0.4, 0.5) is 0 Å². The van der Waals surface area contributed by atoms with E-state index in [-0.39, 0.29) is 12.5 Å². The van der Waals surface area contributed by atoms with Crippen LogP contribution in [0.15, 0.2) is 35.5 Å². The topological polar surface area (TPSA) is 78.8 Å². The molecule has 0 radical (unpaired) electrons. The molecule has 5 heteroatoms. The molecule has 5 nitrogen and oxygen atoms in total. The third kappa shape index (κ3) is 3.74. The van der Waals surface area contributed by atoms with Gasteiger partial charge < -0.3 is 20.3 Å².